The number of unbranched alkanes of at least 4 members (excludes halogenated alkanes) is 5. The molecule has 0 spiro atoms. The largest absolute Gasteiger partial charge is 0.309 e. The molecule has 3 heteroatoms. The zero-order chi connectivity index (χ0) is 20.3. The van der Waals surface area contributed by atoms with Crippen LogP contribution in [0, 0.1) is 5.92 Å². The van der Waals surface area contributed by atoms with Gasteiger partial charge in [-0.15, -0.1) is 0 Å². The van der Waals surface area contributed by atoms with Crippen LogP contribution in [-0.2, 0) is 0 Å². The number of hydrogen-bond donors (Lipinski definition) is 3. The van der Waals surface area contributed by atoms with E-state index in [0.29, 0.717) is 24.2 Å². The molecule has 1 atom stereocenters. The third-order valence-electron chi connectivity index (χ3n) is 5.98. The zero-order valence-electron chi connectivity index (χ0n) is 19.7. The first-order chi connectivity index (χ1) is 12.8. The van der Waals surface area contributed by atoms with Crippen LogP contribution in [-0.4, -0.2) is 29.8 Å². The third-order valence-corrected chi connectivity index (χ3v) is 5.98. The van der Waals surface area contributed by atoms with E-state index in [1.807, 2.05) is 0 Å². The predicted molar refractivity (Wildman–Crippen MR) is 121 cm³/mol. The maximum Gasteiger partial charge on any atom is 0.0877 e. The molecule has 1 aliphatic carbocycles. The Kier molecular flexibility index (Phi) is 12.2. The maximum atomic E-state index is 4.06. The fraction of sp³-hybridized carbons (Fsp3) is 1.00. The van der Waals surface area contributed by atoms with Crippen LogP contribution in [0.5, 0.6) is 0 Å². The lowest BCUT2D eigenvalue weighted by Gasteiger charge is -2.50. The fourth-order valence-corrected chi connectivity index (χ4v) is 5.07. The second kappa shape index (κ2) is 13.2. The predicted octanol–water partition coefficient (Wildman–Crippen LogP) is 5.99. The van der Waals surface area contributed by atoms with Gasteiger partial charge in [0.2, 0.25) is 0 Å². The van der Waals surface area contributed by atoms with Crippen LogP contribution >= 0.6 is 0 Å². The molecule has 0 heterocycles. The second-order valence-electron chi connectivity index (χ2n) is 9.88. The molecule has 3 N–H and O–H groups in total. The molecule has 0 radical (unpaired) electrons. The molecule has 162 valence electrons. The molecule has 0 aromatic rings. The monoisotopic (exact) mass is 381 g/mol. The van der Waals surface area contributed by atoms with Crippen LogP contribution in [0.2, 0.25) is 0 Å². The van der Waals surface area contributed by atoms with Crippen molar-refractivity contribution in [2.75, 3.05) is 0 Å². The van der Waals surface area contributed by atoms with E-state index in [9.17, 15) is 0 Å². The van der Waals surface area contributed by atoms with Gasteiger partial charge in [-0.1, -0.05) is 72.1 Å². The summed E-state index contributed by atoms with van der Waals surface area (Å²) < 4.78 is 0. The molecule has 1 unspecified atom stereocenters. The molecule has 0 aliphatic heterocycles. The van der Waals surface area contributed by atoms with Gasteiger partial charge in [0.05, 0.1) is 5.66 Å². The van der Waals surface area contributed by atoms with Crippen LogP contribution in [0.4, 0.5) is 0 Å². The van der Waals surface area contributed by atoms with Gasteiger partial charge in [0.15, 0.2) is 0 Å². The normalized spacial score (nSPS) is 17.6. The SMILES string of the molecule is CCCCCCCCC(NC(C)C)C(NC(C)C)(NC(C)C)C1CCCC1. The summed E-state index contributed by atoms with van der Waals surface area (Å²) in [5.41, 5.74) is 0.00647. The molecular formula is C24H51N3. The summed E-state index contributed by atoms with van der Waals surface area (Å²) in [5, 5.41) is 12.1. The molecule has 0 bridgehead atoms. The summed E-state index contributed by atoms with van der Waals surface area (Å²) in [6.45, 7) is 16.1. The van der Waals surface area contributed by atoms with Crippen molar-refractivity contribution < 1.29 is 0 Å². The molecule has 0 aromatic heterocycles. The first kappa shape index (κ1) is 24.9. The van der Waals surface area contributed by atoms with Crippen molar-refractivity contribution in [3.63, 3.8) is 0 Å². The molecular weight excluding hydrogens is 330 g/mol. The number of hydrogen-bond acceptors (Lipinski definition) is 3. The highest BCUT2D eigenvalue weighted by Gasteiger charge is 2.46. The first-order valence-corrected chi connectivity index (χ1v) is 12.1. The molecule has 3 nitrogen and oxygen atoms in total. The average molecular weight is 382 g/mol. The summed E-state index contributed by atoms with van der Waals surface area (Å²) >= 11 is 0. The minimum Gasteiger partial charge on any atom is -0.309 e. The Morgan fingerprint density at radius 2 is 1.26 bits per heavy atom. The molecule has 1 aliphatic rings. The molecule has 27 heavy (non-hydrogen) atoms. The van der Waals surface area contributed by atoms with E-state index in [0.717, 1.165) is 5.92 Å². The minimum absolute atomic E-state index is 0.00647. The smallest absolute Gasteiger partial charge is 0.0877 e. The van der Waals surface area contributed by atoms with Gasteiger partial charge in [-0.2, -0.15) is 0 Å². The van der Waals surface area contributed by atoms with Crippen molar-refractivity contribution >= 4 is 0 Å². The van der Waals surface area contributed by atoms with Crippen molar-refractivity contribution in [2.45, 2.75) is 149 Å². The topological polar surface area (TPSA) is 36.1 Å². The summed E-state index contributed by atoms with van der Waals surface area (Å²) in [6, 6.07) is 1.96. The van der Waals surface area contributed by atoms with Gasteiger partial charge in [0, 0.05) is 24.2 Å². The highest BCUT2D eigenvalue weighted by Crippen LogP contribution is 2.37. The van der Waals surface area contributed by atoms with Gasteiger partial charge in [-0.25, -0.2) is 0 Å². The van der Waals surface area contributed by atoms with Crippen LogP contribution in [0.25, 0.3) is 0 Å². The van der Waals surface area contributed by atoms with Gasteiger partial charge < -0.3 is 5.32 Å². The Morgan fingerprint density at radius 3 is 1.74 bits per heavy atom. The summed E-state index contributed by atoms with van der Waals surface area (Å²) in [6.07, 6.45) is 15.0. The van der Waals surface area contributed by atoms with Crippen molar-refractivity contribution in [1.82, 2.24) is 16.0 Å². The van der Waals surface area contributed by atoms with E-state index in [-0.39, 0.29) is 5.66 Å². The van der Waals surface area contributed by atoms with Gasteiger partial charge in [0.25, 0.3) is 0 Å². The van der Waals surface area contributed by atoms with Crippen LogP contribution in [0.1, 0.15) is 119 Å². The van der Waals surface area contributed by atoms with E-state index in [1.165, 1.54) is 70.6 Å². The van der Waals surface area contributed by atoms with Crippen LogP contribution in [0.3, 0.4) is 0 Å². The number of rotatable bonds is 15. The van der Waals surface area contributed by atoms with E-state index in [2.05, 4.69) is 64.4 Å². The Balaban J connectivity index is 2.95. The van der Waals surface area contributed by atoms with E-state index in [1.54, 1.807) is 0 Å². The fourth-order valence-electron chi connectivity index (χ4n) is 5.07. The third kappa shape index (κ3) is 8.83. The van der Waals surface area contributed by atoms with E-state index >= 15 is 0 Å². The zero-order valence-corrected chi connectivity index (χ0v) is 19.7. The lowest BCUT2D eigenvalue weighted by molar-refractivity contribution is 0.0742. The van der Waals surface area contributed by atoms with Crippen LogP contribution < -0.4 is 16.0 Å². The standard InChI is InChI=1S/C24H51N3/c1-8-9-10-11-12-13-18-23(25-19(2)3)24(26-20(4)5,27-21(6)7)22-16-14-15-17-22/h19-23,25-27H,8-18H2,1-7H3. The molecule has 0 amide bonds. The summed E-state index contributed by atoms with van der Waals surface area (Å²) in [5.74, 6) is 0.721. The van der Waals surface area contributed by atoms with Gasteiger partial charge >= 0.3 is 0 Å². The molecule has 0 saturated heterocycles. The van der Waals surface area contributed by atoms with Gasteiger partial charge in [0.1, 0.15) is 0 Å². The van der Waals surface area contributed by atoms with Gasteiger partial charge in [-0.05, 0) is 52.9 Å². The Hall–Kier alpha value is -0.120. The molecule has 0 aromatic carbocycles. The lowest BCUT2D eigenvalue weighted by Crippen LogP contribution is -2.74. The lowest BCUT2D eigenvalue weighted by atomic mass is 9.80. The quantitative estimate of drug-likeness (QED) is 0.241. The van der Waals surface area contributed by atoms with Crippen molar-refractivity contribution in [2.24, 2.45) is 5.92 Å². The Morgan fingerprint density at radius 1 is 0.741 bits per heavy atom. The van der Waals surface area contributed by atoms with E-state index in [4.69, 9.17) is 0 Å². The van der Waals surface area contributed by atoms with Crippen LogP contribution in [0.15, 0.2) is 0 Å². The highest BCUT2D eigenvalue weighted by atomic mass is 15.3. The maximum absolute atomic E-state index is 4.06. The Bertz CT molecular complexity index is 349. The van der Waals surface area contributed by atoms with E-state index < -0.39 is 0 Å². The average Bonchev–Trinajstić information content (AvgIpc) is 3.10. The molecule has 1 fully saturated rings. The Labute approximate surface area is 171 Å². The minimum atomic E-state index is 0.00647. The van der Waals surface area contributed by atoms with Crippen molar-refractivity contribution in [3.8, 4) is 0 Å². The summed E-state index contributed by atoms with van der Waals surface area (Å²) in [4.78, 5) is 0. The number of nitrogens with one attached hydrogen (secondary N) is 3. The molecule has 1 rings (SSSR count). The van der Waals surface area contributed by atoms with Crippen molar-refractivity contribution in [3.05, 3.63) is 0 Å². The highest BCUT2D eigenvalue weighted by molar-refractivity contribution is 5.04. The first-order valence-electron chi connectivity index (χ1n) is 12.1. The second-order valence-corrected chi connectivity index (χ2v) is 9.88. The molecule has 1 saturated carbocycles. The summed E-state index contributed by atoms with van der Waals surface area (Å²) in [7, 11) is 0. The van der Waals surface area contributed by atoms with Gasteiger partial charge in [-0.3, -0.25) is 10.6 Å². The van der Waals surface area contributed by atoms with Crippen molar-refractivity contribution in [1.29, 1.82) is 0 Å².